The molecule has 1 atom stereocenters. The van der Waals surface area contributed by atoms with Crippen LogP contribution in [0.25, 0.3) is 0 Å². The molecule has 2 aliphatic rings. The van der Waals surface area contributed by atoms with Crippen molar-refractivity contribution in [2.75, 3.05) is 6.54 Å². The Labute approximate surface area is 188 Å². The Morgan fingerprint density at radius 2 is 1.84 bits per heavy atom. The van der Waals surface area contributed by atoms with Crippen LogP contribution >= 0.6 is 0 Å². The summed E-state index contributed by atoms with van der Waals surface area (Å²) in [5.41, 5.74) is 2.06. The maximum Gasteiger partial charge on any atom is 0.255 e. The Morgan fingerprint density at radius 1 is 1.09 bits per heavy atom. The van der Waals surface area contributed by atoms with Gasteiger partial charge in [-0.2, -0.15) is 0 Å². The van der Waals surface area contributed by atoms with Gasteiger partial charge in [0, 0.05) is 25.2 Å². The third kappa shape index (κ3) is 5.31. The van der Waals surface area contributed by atoms with Gasteiger partial charge in [-0.3, -0.25) is 9.59 Å². The summed E-state index contributed by atoms with van der Waals surface area (Å²) in [7, 11) is 0. The first kappa shape index (κ1) is 22.4. The lowest BCUT2D eigenvalue weighted by atomic mass is 9.95. The lowest BCUT2D eigenvalue weighted by molar-refractivity contribution is -0.132. The molecule has 0 radical (unpaired) electrons. The Morgan fingerprint density at radius 3 is 2.59 bits per heavy atom. The van der Waals surface area contributed by atoms with Gasteiger partial charge in [-0.05, 0) is 56.7 Å². The molecule has 7 heteroatoms. The normalized spacial score (nSPS) is 19.2. The van der Waals surface area contributed by atoms with Gasteiger partial charge in [-0.15, -0.1) is 0 Å². The molecule has 1 N–H and O–H groups in total. The van der Waals surface area contributed by atoms with E-state index in [2.05, 4.69) is 15.3 Å². The van der Waals surface area contributed by atoms with Crippen LogP contribution in [0.1, 0.15) is 84.8 Å². The summed E-state index contributed by atoms with van der Waals surface area (Å²) in [5, 5.41) is 3.16. The van der Waals surface area contributed by atoms with Gasteiger partial charge >= 0.3 is 0 Å². The van der Waals surface area contributed by atoms with Crippen molar-refractivity contribution < 1.29 is 14.0 Å². The summed E-state index contributed by atoms with van der Waals surface area (Å²) in [4.78, 5) is 36.9. The molecule has 2 aromatic rings. The number of nitrogens with zero attached hydrogens (tertiary/aromatic N) is 3. The van der Waals surface area contributed by atoms with E-state index in [1.807, 2.05) is 11.8 Å². The average Bonchev–Trinajstić information content (AvgIpc) is 3.29. The first-order chi connectivity index (χ1) is 15.5. The molecular weight excluding hydrogens is 407 g/mol. The molecule has 32 heavy (non-hydrogen) atoms. The first-order valence-corrected chi connectivity index (χ1v) is 11.7. The maximum atomic E-state index is 13.1. The lowest BCUT2D eigenvalue weighted by Crippen LogP contribution is -2.38. The zero-order valence-corrected chi connectivity index (χ0v) is 18.6. The van der Waals surface area contributed by atoms with Gasteiger partial charge in [0.15, 0.2) is 0 Å². The molecule has 2 amide bonds. The molecule has 0 spiro atoms. The van der Waals surface area contributed by atoms with Gasteiger partial charge in [-0.1, -0.05) is 31.4 Å². The number of aryl methyl sites for hydroxylation is 2. The third-order valence-electron chi connectivity index (χ3n) is 6.55. The second-order valence-electron chi connectivity index (χ2n) is 8.90. The number of amides is 2. The van der Waals surface area contributed by atoms with Gasteiger partial charge in [0.25, 0.3) is 5.91 Å². The van der Waals surface area contributed by atoms with Gasteiger partial charge in [0.2, 0.25) is 5.91 Å². The lowest BCUT2D eigenvalue weighted by Gasteiger charge is -2.27. The van der Waals surface area contributed by atoms with Crippen molar-refractivity contribution in [1.29, 1.82) is 0 Å². The highest BCUT2D eigenvalue weighted by Gasteiger charge is 2.34. The molecule has 1 saturated heterocycles. The van der Waals surface area contributed by atoms with E-state index >= 15 is 0 Å². The minimum atomic E-state index is -0.280. The number of benzene rings is 1. The van der Waals surface area contributed by atoms with Crippen molar-refractivity contribution in [3.05, 3.63) is 58.9 Å². The number of carbonyl (C=O) groups is 2. The molecule has 0 bridgehead atoms. The van der Waals surface area contributed by atoms with Crippen molar-refractivity contribution in [2.45, 2.75) is 76.8 Å². The van der Waals surface area contributed by atoms with Crippen LogP contribution in [0.2, 0.25) is 0 Å². The van der Waals surface area contributed by atoms with Crippen LogP contribution in [0.4, 0.5) is 4.39 Å². The second kappa shape index (κ2) is 10.2. The Kier molecular flexibility index (Phi) is 7.12. The number of aromatic nitrogens is 2. The number of nitrogens with one attached hydrogen (secondary N) is 1. The molecule has 2 fully saturated rings. The van der Waals surface area contributed by atoms with E-state index in [1.165, 1.54) is 18.6 Å². The Bertz CT molecular complexity index is 957. The van der Waals surface area contributed by atoms with E-state index in [9.17, 15) is 14.0 Å². The van der Waals surface area contributed by atoms with Crippen LogP contribution in [0.5, 0.6) is 0 Å². The molecule has 6 nitrogen and oxygen atoms in total. The molecule has 1 aliphatic heterocycles. The summed E-state index contributed by atoms with van der Waals surface area (Å²) < 4.78 is 13.1. The number of hydrogen-bond acceptors (Lipinski definition) is 4. The monoisotopic (exact) mass is 438 g/mol. The van der Waals surface area contributed by atoms with Crippen molar-refractivity contribution in [1.82, 2.24) is 20.2 Å². The van der Waals surface area contributed by atoms with Gasteiger partial charge in [-0.25, -0.2) is 14.4 Å². The largest absolute Gasteiger partial charge is 0.349 e. The van der Waals surface area contributed by atoms with Crippen LogP contribution < -0.4 is 5.32 Å². The topological polar surface area (TPSA) is 75.2 Å². The van der Waals surface area contributed by atoms with Crippen molar-refractivity contribution in [2.24, 2.45) is 0 Å². The summed E-state index contributed by atoms with van der Waals surface area (Å²) in [6.07, 6.45) is 9.68. The number of likely N-dealkylation sites (tertiary alicyclic amines) is 1. The standard InChI is InChI=1S/C25H31FN4O2/c1-17-27-16-21(25(32)29-20-6-3-2-4-7-20)24(28-17)22-8-5-15-30(22)23(31)14-11-18-9-12-19(26)13-10-18/h9-10,12-13,16,20,22H,2-8,11,14-15H2,1H3,(H,29,32). The molecule has 1 unspecified atom stereocenters. The van der Waals surface area contributed by atoms with E-state index < -0.39 is 0 Å². The Hall–Kier alpha value is -2.83. The van der Waals surface area contributed by atoms with Crippen molar-refractivity contribution in [3.63, 3.8) is 0 Å². The quantitative estimate of drug-likeness (QED) is 0.730. The number of hydrogen-bond donors (Lipinski definition) is 1. The first-order valence-electron chi connectivity index (χ1n) is 11.7. The number of carbonyl (C=O) groups excluding carboxylic acids is 2. The highest BCUT2D eigenvalue weighted by atomic mass is 19.1. The highest BCUT2D eigenvalue weighted by Crippen LogP contribution is 2.33. The maximum absolute atomic E-state index is 13.1. The molecule has 4 rings (SSSR count). The van der Waals surface area contributed by atoms with Crippen LogP contribution in [-0.2, 0) is 11.2 Å². The molecule has 1 aliphatic carbocycles. The van der Waals surface area contributed by atoms with Crippen LogP contribution in [0.3, 0.4) is 0 Å². The molecule has 2 heterocycles. The zero-order valence-electron chi connectivity index (χ0n) is 18.6. The summed E-state index contributed by atoms with van der Waals surface area (Å²) in [5.74, 6) is 0.210. The molecule has 1 aromatic heterocycles. The molecule has 1 saturated carbocycles. The summed E-state index contributed by atoms with van der Waals surface area (Å²) in [6, 6.07) is 6.24. The van der Waals surface area contributed by atoms with E-state index in [4.69, 9.17) is 0 Å². The van der Waals surface area contributed by atoms with E-state index in [-0.39, 0.29) is 29.7 Å². The Balaban J connectivity index is 1.48. The average molecular weight is 439 g/mol. The van der Waals surface area contributed by atoms with E-state index in [0.717, 1.165) is 44.1 Å². The van der Waals surface area contributed by atoms with Crippen LogP contribution in [-0.4, -0.2) is 39.3 Å². The van der Waals surface area contributed by atoms with Crippen LogP contribution in [0.15, 0.2) is 30.5 Å². The predicted molar refractivity (Wildman–Crippen MR) is 120 cm³/mol. The van der Waals surface area contributed by atoms with E-state index in [1.54, 1.807) is 18.3 Å². The van der Waals surface area contributed by atoms with Crippen molar-refractivity contribution in [3.8, 4) is 0 Å². The fourth-order valence-corrected chi connectivity index (χ4v) is 4.82. The second-order valence-corrected chi connectivity index (χ2v) is 8.90. The highest BCUT2D eigenvalue weighted by molar-refractivity contribution is 5.95. The predicted octanol–water partition coefficient (Wildman–Crippen LogP) is 4.28. The SMILES string of the molecule is Cc1ncc(C(=O)NC2CCCCC2)c(C2CCCN2C(=O)CCc2ccc(F)cc2)n1. The minimum absolute atomic E-state index is 0.0340. The van der Waals surface area contributed by atoms with Gasteiger partial charge in [0.1, 0.15) is 11.6 Å². The summed E-state index contributed by atoms with van der Waals surface area (Å²) >= 11 is 0. The smallest absolute Gasteiger partial charge is 0.255 e. The fraction of sp³-hybridized carbons (Fsp3) is 0.520. The molecular formula is C25H31FN4O2. The molecule has 170 valence electrons. The van der Waals surface area contributed by atoms with Gasteiger partial charge in [0.05, 0.1) is 17.3 Å². The minimum Gasteiger partial charge on any atom is -0.349 e. The third-order valence-corrected chi connectivity index (χ3v) is 6.55. The summed E-state index contributed by atoms with van der Waals surface area (Å²) in [6.45, 7) is 2.46. The zero-order chi connectivity index (χ0) is 22.5. The van der Waals surface area contributed by atoms with Gasteiger partial charge < -0.3 is 10.2 Å². The van der Waals surface area contributed by atoms with Crippen LogP contribution in [0, 0.1) is 12.7 Å². The van der Waals surface area contributed by atoms with Crippen molar-refractivity contribution >= 4 is 11.8 Å². The number of halogens is 1. The number of rotatable bonds is 6. The molecule has 1 aromatic carbocycles. The van der Waals surface area contributed by atoms with E-state index in [0.29, 0.717) is 36.5 Å². The fourth-order valence-electron chi connectivity index (χ4n) is 4.82.